The second kappa shape index (κ2) is 3.01. The third-order valence-corrected chi connectivity index (χ3v) is 4.85. The number of aliphatic hydroxyl groups is 1. The van der Waals surface area contributed by atoms with Crippen molar-refractivity contribution in [3.63, 3.8) is 0 Å². The van der Waals surface area contributed by atoms with E-state index in [1.165, 1.54) is 25.7 Å². The first-order valence-corrected chi connectivity index (χ1v) is 6.09. The summed E-state index contributed by atoms with van der Waals surface area (Å²) in [6, 6.07) is 0. The molecule has 2 heteroatoms. The molecule has 2 aliphatic rings. The Morgan fingerprint density at radius 2 is 1.50 bits per heavy atom. The van der Waals surface area contributed by atoms with Crippen LogP contribution < -0.4 is 0 Å². The molecule has 1 N–H and O–H groups in total. The molecule has 2 aliphatic heterocycles. The maximum Gasteiger partial charge on any atom is 0.168 e. The monoisotopic (exact) mass is 194 g/mol. The summed E-state index contributed by atoms with van der Waals surface area (Å²) in [6.45, 7) is 7.05. The molecule has 0 amide bonds. The average molecular weight is 194 g/mol. The van der Waals surface area contributed by atoms with E-state index in [1.54, 1.807) is 0 Å². The Bertz CT molecular complexity index is 219. The van der Waals surface area contributed by atoms with E-state index in [0.717, 1.165) is 20.1 Å². The van der Waals surface area contributed by atoms with E-state index in [4.69, 9.17) is 0 Å². The maximum atomic E-state index is 10.4. The molecule has 2 bridgehead atoms. The number of hydrogen-bond acceptors (Lipinski definition) is 1. The molecule has 0 saturated carbocycles. The molecule has 14 heavy (non-hydrogen) atoms. The molecule has 0 unspecified atom stereocenters. The molecular weight excluding hydrogens is 171 g/mol. The third-order valence-electron chi connectivity index (χ3n) is 4.85. The Kier molecular flexibility index (Phi) is 2.26. The molecule has 0 spiro atoms. The topological polar surface area (TPSA) is 20.2 Å². The van der Waals surface area contributed by atoms with Crippen LogP contribution in [0.1, 0.15) is 59.3 Å². The minimum absolute atomic E-state index is 0.302. The first kappa shape index (κ1) is 10.5. The van der Waals surface area contributed by atoms with Crippen LogP contribution in [-0.2, 0) is 0 Å². The van der Waals surface area contributed by atoms with Crippen LogP contribution in [0.3, 0.4) is 0 Å². The van der Waals surface area contributed by atoms with Crippen molar-refractivity contribution in [2.45, 2.75) is 70.1 Å². The summed E-state index contributed by atoms with van der Waals surface area (Å²) in [6.07, 6.45) is 7.22. The molecule has 0 aromatic rings. The molecular formula is C12H23BO. The summed E-state index contributed by atoms with van der Waals surface area (Å²) in [5, 5.41) is 10.9. The summed E-state index contributed by atoms with van der Waals surface area (Å²) < 4.78 is 0. The molecule has 2 fully saturated rings. The summed E-state index contributed by atoms with van der Waals surface area (Å²) >= 11 is 0. The van der Waals surface area contributed by atoms with Gasteiger partial charge in [-0.2, -0.15) is 0 Å². The maximum absolute atomic E-state index is 10.4. The van der Waals surface area contributed by atoms with E-state index < -0.39 is 0 Å². The number of hydrogen-bond donors (Lipinski definition) is 1. The Morgan fingerprint density at radius 1 is 1.00 bits per heavy atom. The predicted octanol–water partition coefficient (Wildman–Crippen LogP) is 2.68. The Labute approximate surface area is 88.5 Å². The molecule has 0 aromatic carbocycles. The van der Waals surface area contributed by atoms with Gasteiger partial charge in [-0.05, 0) is 23.6 Å². The highest BCUT2D eigenvalue weighted by Gasteiger charge is 2.53. The van der Waals surface area contributed by atoms with Crippen LogP contribution in [0.4, 0.5) is 0 Å². The first-order valence-electron chi connectivity index (χ1n) is 6.09. The van der Waals surface area contributed by atoms with Crippen LogP contribution in [-0.4, -0.2) is 17.9 Å². The summed E-state index contributed by atoms with van der Waals surface area (Å²) in [4.78, 5) is 0. The molecule has 0 aliphatic carbocycles. The lowest BCUT2D eigenvalue weighted by molar-refractivity contribution is 0.0413. The first-order chi connectivity index (χ1) is 6.37. The van der Waals surface area contributed by atoms with Gasteiger partial charge in [-0.15, -0.1) is 0 Å². The number of fused-ring (bicyclic) bond motifs is 2. The third kappa shape index (κ3) is 1.52. The van der Waals surface area contributed by atoms with Crippen molar-refractivity contribution in [1.82, 2.24) is 0 Å². The van der Waals surface area contributed by atoms with E-state index in [9.17, 15) is 5.11 Å². The minimum atomic E-state index is -0.302. The van der Waals surface area contributed by atoms with Gasteiger partial charge in [0.1, 0.15) is 0 Å². The fourth-order valence-corrected chi connectivity index (χ4v) is 3.76. The fraction of sp³-hybridized carbons (Fsp3) is 1.00. The largest absolute Gasteiger partial charge is 0.399 e. The quantitative estimate of drug-likeness (QED) is 0.588. The summed E-state index contributed by atoms with van der Waals surface area (Å²) in [5.74, 6) is 0. The lowest BCUT2D eigenvalue weighted by atomic mass is 9.29. The lowest BCUT2D eigenvalue weighted by Crippen LogP contribution is -2.54. The van der Waals surface area contributed by atoms with Crippen LogP contribution in [0.5, 0.6) is 0 Å². The van der Waals surface area contributed by atoms with Gasteiger partial charge in [0, 0.05) is 5.50 Å². The predicted molar refractivity (Wildman–Crippen MR) is 61.9 cm³/mol. The molecule has 2 rings (SSSR count). The van der Waals surface area contributed by atoms with E-state index in [0.29, 0.717) is 10.7 Å². The van der Waals surface area contributed by atoms with Gasteiger partial charge < -0.3 is 5.11 Å². The SMILES string of the molecule is CC(C)(C)C12BC(O)(CCC1)CCC2. The van der Waals surface area contributed by atoms with Crippen molar-refractivity contribution >= 4 is 7.28 Å². The minimum Gasteiger partial charge on any atom is -0.399 e. The van der Waals surface area contributed by atoms with Gasteiger partial charge in [0.25, 0.3) is 0 Å². The van der Waals surface area contributed by atoms with Crippen molar-refractivity contribution in [2.24, 2.45) is 5.41 Å². The fourth-order valence-electron chi connectivity index (χ4n) is 3.76. The smallest absolute Gasteiger partial charge is 0.168 e. The van der Waals surface area contributed by atoms with Crippen molar-refractivity contribution < 1.29 is 5.11 Å². The highest BCUT2D eigenvalue weighted by Crippen LogP contribution is 2.59. The standard InChI is InChI=1S/C12H23BO/c1-10(2,3)11-6-4-8-12(14,13-11)9-5-7-11/h13-14H,4-9H2,1-3H3. The van der Waals surface area contributed by atoms with E-state index in [-0.39, 0.29) is 5.50 Å². The summed E-state index contributed by atoms with van der Waals surface area (Å²) in [7, 11) is 1.06. The van der Waals surface area contributed by atoms with Gasteiger partial charge in [-0.1, -0.05) is 46.5 Å². The van der Waals surface area contributed by atoms with E-state index in [1.807, 2.05) is 0 Å². The average Bonchev–Trinajstić information content (AvgIpc) is 2.00. The van der Waals surface area contributed by atoms with Gasteiger partial charge >= 0.3 is 0 Å². The zero-order chi connectivity index (χ0) is 10.4. The van der Waals surface area contributed by atoms with Crippen LogP contribution in [0.25, 0.3) is 0 Å². The Balaban J connectivity index is 2.27. The Morgan fingerprint density at radius 3 is 1.86 bits per heavy atom. The second-order valence-corrected chi connectivity index (χ2v) is 6.64. The van der Waals surface area contributed by atoms with E-state index in [2.05, 4.69) is 20.8 Å². The highest BCUT2D eigenvalue weighted by molar-refractivity contribution is 6.44. The van der Waals surface area contributed by atoms with E-state index >= 15 is 0 Å². The van der Waals surface area contributed by atoms with Crippen LogP contribution >= 0.6 is 0 Å². The van der Waals surface area contributed by atoms with Gasteiger partial charge in [-0.3, -0.25) is 0 Å². The molecule has 1 nitrogen and oxygen atoms in total. The van der Waals surface area contributed by atoms with Crippen molar-refractivity contribution in [3.05, 3.63) is 0 Å². The normalized spacial score (nSPS) is 43.1. The van der Waals surface area contributed by atoms with Crippen LogP contribution in [0.2, 0.25) is 5.31 Å². The summed E-state index contributed by atoms with van der Waals surface area (Å²) in [5.41, 5.74) is 0.0611. The van der Waals surface area contributed by atoms with Gasteiger partial charge in [0.15, 0.2) is 7.28 Å². The van der Waals surface area contributed by atoms with Crippen LogP contribution in [0.15, 0.2) is 0 Å². The highest BCUT2D eigenvalue weighted by atomic mass is 16.3. The van der Waals surface area contributed by atoms with Crippen molar-refractivity contribution in [2.75, 3.05) is 0 Å². The van der Waals surface area contributed by atoms with Crippen molar-refractivity contribution in [1.29, 1.82) is 0 Å². The molecule has 2 saturated heterocycles. The van der Waals surface area contributed by atoms with Gasteiger partial charge in [-0.25, -0.2) is 0 Å². The van der Waals surface area contributed by atoms with Gasteiger partial charge in [0.2, 0.25) is 0 Å². The molecule has 80 valence electrons. The molecule has 0 aromatic heterocycles. The lowest BCUT2D eigenvalue weighted by Gasteiger charge is -2.55. The zero-order valence-electron chi connectivity index (χ0n) is 9.90. The molecule has 0 atom stereocenters. The van der Waals surface area contributed by atoms with Crippen molar-refractivity contribution in [3.8, 4) is 0 Å². The number of rotatable bonds is 0. The Hall–Kier alpha value is 0.0249. The second-order valence-electron chi connectivity index (χ2n) is 6.64. The molecule has 0 radical (unpaired) electrons. The zero-order valence-corrected chi connectivity index (χ0v) is 9.90. The van der Waals surface area contributed by atoms with Gasteiger partial charge in [0.05, 0.1) is 0 Å². The molecule has 2 heterocycles. The van der Waals surface area contributed by atoms with Crippen LogP contribution in [0, 0.1) is 5.41 Å².